The Labute approximate surface area is 215 Å². The average Bonchev–Trinajstić information content (AvgIpc) is 2.87. The van der Waals surface area contributed by atoms with Crippen molar-refractivity contribution in [1.29, 1.82) is 0 Å². The van der Waals surface area contributed by atoms with Crippen LogP contribution >= 0.6 is 0 Å². The van der Waals surface area contributed by atoms with E-state index in [2.05, 4.69) is 5.32 Å². The molecule has 0 saturated carbocycles. The number of aliphatic hydroxyl groups excluding tert-OH is 6. The number of nitrogens with one attached hydrogen (secondary N) is 1. The fourth-order valence-corrected chi connectivity index (χ4v) is 4.57. The van der Waals surface area contributed by atoms with Crippen molar-refractivity contribution in [2.75, 3.05) is 13.2 Å². The summed E-state index contributed by atoms with van der Waals surface area (Å²) in [5.74, 6) is -0.407. The molecule has 0 spiro atoms. The Hall–Kier alpha value is -2.66. The van der Waals surface area contributed by atoms with Crippen LogP contribution in [0, 0.1) is 6.92 Å². The summed E-state index contributed by atoms with van der Waals surface area (Å²) in [7, 11) is 0. The van der Waals surface area contributed by atoms with Crippen molar-refractivity contribution >= 4 is 16.9 Å². The van der Waals surface area contributed by atoms with Crippen molar-refractivity contribution in [3.8, 4) is 5.75 Å². The zero-order valence-electron chi connectivity index (χ0n) is 20.5. The standard InChI is InChI=1S/C24H31NO13/c1-9-5-16(29)35-13-6-11(3-4-12(9)13)34-23-17(25-10(2)28)22(19(31)15(8-27)36-23)38-24-21(33)20(32)18(30)14(7-26)37-24/h3-6,14-15,17-24,26-27,30-33H,7-8H2,1-2H3,(H,25,28)/t14-,15-,17-,18-,19-,20+,21-,22-,23+,24+/m0/s1. The smallest absolute Gasteiger partial charge is 0.336 e. The first-order valence-corrected chi connectivity index (χ1v) is 11.9. The molecule has 4 rings (SSSR count). The van der Waals surface area contributed by atoms with E-state index in [0.717, 1.165) is 0 Å². The molecule has 2 saturated heterocycles. The highest BCUT2D eigenvalue weighted by Crippen LogP contribution is 2.31. The van der Waals surface area contributed by atoms with Crippen molar-refractivity contribution in [3.05, 3.63) is 40.2 Å². The second kappa shape index (κ2) is 11.6. The molecule has 0 unspecified atom stereocenters. The number of hydrogen-bond acceptors (Lipinski definition) is 13. The maximum atomic E-state index is 12.1. The number of fused-ring (bicyclic) bond motifs is 1. The van der Waals surface area contributed by atoms with Gasteiger partial charge in [0.25, 0.3) is 0 Å². The lowest BCUT2D eigenvalue weighted by molar-refractivity contribution is -0.339. The molecule has 2 aliphatic rings. The Bertz CT molecular complexity index is 1190. The number of carbonyl (C=O) groups excluding carboxylic acids is 1. The number of aliphatic hydroxyl groups is 6. The lowest BCUT2D eigenvalue weighted by Gasteiger charge is -2.47. The van der Waals surface area contributed by atoms with Gasteiger partial charge in [-0.15, -0.1) is 0 Å². The minimum absolute atomic E-state index is 0.159. The third-order valence-electron chi connectivity index (χ3n) is 6.54. The first-order chi connectivity index (χ1) is 18.0. The van der Waals surface area contributed by atoms with E-state index in [1.807, 2.05) is 0 Å². The van der Waals surface area contributed by atoms with Crippen LogP contribution < -0.4 is 15.7 Å². The van der Waals surface area contributed by atoms with Crippen molar-refractivity contribution < 1.29 is 58.8 Å². The molecule has 3 heterocycles. The average molecular weight is 542 g/mol. The van der Waals surface area contributed by atoms with Gasteiger partial charge in [-0.3, -0.25) is 4.79 Å². The topological polar surface area (TPSA) is 218 Å². The van der Waals surface area contributed by atoms with Crippen LogP contribution in [0.15, 0.2) is 33.5 Å². The second-order valence-electron chi connectivity index (χ2n) is 9.26. The number of carbonyl (C=O) groups is 1. The molecule has 1 aromatic carbocycles. The number of aryl methyl sites for hydroxylation is 1. The zero-order valence-corrected chi connectivity index (χ0v) is 20.5. The number of ether oxygens (including phenoxy) is 4. The highest BCUT2D eigenvalue weighted by atomic mass is 16.7. The van der Waals surface area contributed by atoms with E-state index in [1.165, 1.54) is 19.1 Å². The molecule has 2 aliphatic heterocycles. The molecular weight excluding hydrogens is 510 g/mol. The second-order valence-corrected chi connectivity index (χ2v) is 9.26. The molecule has 38 heavy (non-hydrogen) atoms. The summed E-state index contributed by atoms with van der Waals surface area (Å²) < 4.78 is 28.0. The highest BCUT2D eigenvalue weighted by Gasteiger charge is 2.52. The van der Waals surface area contributed by atoms with E-state index in [9.17, 15) is 40.2 Å². The summed E-state index contributed by atoms with van der Waals surface area (Å²) in [4.78, 5) is 23.9. The van der Waals surface area contributed by atoms with E-state index in [4.69, 9.17) is 23.4 Å². The fraction of sp³-hybridized carbons (Fsp3) is 0.583. The van der Waals surface area contributed by atoms with Gasteiger partial charge in [0.2, 0.25) is 12.2 Å². The van der Waals surface area contributed by atoms with Gasteiger partial charge >= 0.3 is 5.63 Å². The largest absolute Gasteiger partial charge is 0.462 e. The lowest BCUT2D eigenvalue weighted by atomic mass is 9.95. The third-order valence-corrected chi connectivity index (χ3v) is 6.54. The van der Waals surface area contributed by atoms with E-state index in [0.29, 0.717) is 10.9 Å². The number of rotatable bonds is 7. The van der Waals surface area contributed by atoms with E-state index >= 15 is 0 Å². The molecule has 210 valence electrons. The predicted octanol–water partition coefficient (Wildman–Crippen LogP) is -2.75. The van der Waals surface area contributed by atoms with Gasteiger partial charge in [-0.05, 0) is 24.6 Å². The van der Waals surface area contributed by atoms with E-state index in [-0.39, 0.29) is 11.3 Å². The zero-order chi connectivity index (χ0) is 27.7. The van der Waals surface area contributed by atoms with Gasteiger partial charge in [0.15, 0.2) is 6.29 Å². The van der Waals surface area contributed by atoms with Gasteiger partial charge in [0.1, 0.15) is 60.1 Å². The van der Waals surface area contributed by atoms with Gasteiger partial charge in [0, 0.05) is 24.4 Å². The maximum Gasteiger partial charge on any atom is 0.336 e. The molecule has 0 radical (unpaired) electrons. The maximum absolute atomic E-state index is 12.1. The molecular formula is C24H31NO13. The lowest BCUT2D eigenvalue weighted by Crippen LogP contribution is -2.68. The minimum atomic E-state index is -1.79. The molecule has 1 amide bonds. The Morgan fingerprint density at radius 1 is 0.947 bits per heavy atom. The normalized spacial score (nSPS) is 35.7. The molecule has 2 aromatic rings. The van der Waals surface area contributed by atoms with E-state index in [1.54, 1.807) is 19.1 Å². The van der Waals surface area contributed by atoms with Crippen LogP contribution in [-0.4, -0.2) is 111 Å². The van der Waals surface area contributed by atoms with Gasteiger partial charge in [-0.2, -0.15) is 0 Å². The molecule has 0 aliphatic carbocycles. The van der Waals surface area contributed by atoms with Crippen LogP contribution in [0.4, 0.5) is 0 Å². The number of amides is 1. The molecule has 14 nitrogen and oxygen atoms in total. The SMILES string of the molecule is CC(=O)N[C@@H]1[C@H](Oc2ccc3c(C)cc(=O)oc3c2)O[C@@H](CO)[C@H](O)[C@H]1O[C@H]1O[C@@H](CO)[C@H](O)[C@@H](O)[C@@H]1O. The monoisotopic (exact) mass is 541 g/mol. The van der Waals surface area contributed by atoms with Crippen LogP contribution in [0.2, 0.25) is 0 Å². The predicted molar refractivity (Wildman–Crippen MR) is 126 cm³/mol. The Balaban J connectivity index is 1.65. The summed E-state index contributed by atoms with van der Waals surface area (Å²) in [5.41, 5.74) is 0.352. The van der Waals surface area contributed by atoms with E-state index < -0.39 is 86.1 Å². The van der Waals surface area contributed by atoms with Gasteiger partial charge in [0.05, 0.1) is 13.2 Å². The number of hydrogen-bond donors (Lipinski definition) is 7. The van der Waals surface area contributed by atoms with Gasteiger partial charge in [-0.25, -0.2) is 4.79 Å². The number of benzene rings is 1. The fourth-order valence-electron chi connectivity index (χ4n) is 4.57. The molecule has 7 N–H and O–H groups in total. The van der Waals surface area contributed by atoms with Gasteiger partial charge < -0.3 is 59.3 Å². The molecule has 14 heteroatoms. The highest BCUT2D eigenvalue weighted by molar-refractivity contribution is 5.81. The molecule has 1 aromatic heterocycles. The van der Waals surface area contributed by atoms with Gasteiger partial charge in [-0.1, -0.05) is 0 Å². The van der Waals surface area contributed by atoms with Crippen molar-refractivity contribution in [2.45, 2.75) is 75.2 Å². The molecule has 2 fully saturated rings. The summed E-state index contributed by atoms with van der Waals surface area (Å²) >= 11 is 0. The van der Waals surface area contributed by atoms with Crippen molar-refractivity contribution in [2.24, 2.45) is 0 Å². The van der Waals surface area contributed by atoms with Crippen molar-refractivity contribution in [1.82, 2.24) is 5.32 Å². The first-order valence-electron chi connectivity index (χ1n) is 11.9. The summed E-state index contributed by atoms with van der Waals surface area (Å²) in [6.07, 6.45) is -13.8. The quantitative estimate of drug-likeness (QED) is 0.177. The Morgan fingerprint density at radius 2 is 1.61 bits per heavy atom. The molecule has 10 atom stereocenters. The Kier molecular flexibility index (Phi) is 8.66. The van der Waals surface area contributed by atoms with Crippen LogP contribution in [0.3, 0.4) is 0 Å². The minimum Gasteiger partial charge on any atom is -0.462 e. The first kappa shape index (κ1) is 28.4. The van der Waals surface area contributed by atoms with Crippen molar-refractivity contribution in [3.63, 3.8) is 0 Å². The summed E-state index contributed by atoms with van der Waals surface area (Å²) in [6, 6.07) is 4.74. The van der Waals surface area contributed by atoms with Crippen LogP contribution in [0.25, 0.3) is 11.0 Å². The van der Waals surface area contributed by atoms with Crippen LogP contribution in [0.1, 0.15) is 12.5 Å². The summed E-state index contributed by atoms with van der Waals surface area (Å²) in [6.45, 7) is 1.54. The third kappa shape index (κ3) is 5.68. The molecule has 0 bridgehead atoms. The Morgan fingerprint density at radius 3 is 2.26 bits per heavy atom. The summed E-state index contributed by atoms with van der Waals surface area (Å²) in [5, 5.41) is 64.0. The van der Waals surface area contributed by atoms with Crippen LogP contribution in [-0.2, 0) is 19.0 Å². The van der Waals surface area contributed by atoms with Crippen LogP contribution in [0.5, 0.6) is 5.75 Å².